The van der Waals surface area contributed by atoms with Gasteiger partial charge < -0.3 is 15.4 Å². The topological polar surface area (TPSA) is 67.4 Å². The number of carbonyl (C=O) groups is 2. The Labute approximate surface area is 152 Å². The van der Waals surface area contributed by atoms with Crippen LogP contribution in [0.2, 0.25) is 0 Å². The monoisotopic (exact) mass is 350 g/mol. The fourth-order valence-corrected chi connectivity index (χ4v) is 3.92. The van der Waals surface area contributed by atoms with Gasteiger partial charge in [-0.05, 0) is 48.9 Å². The molecular weight excluding hydrogens is 328 g/mol. The molecule has 1 fully saturated rings. The molecule has 1 heterocycles. The molecule has 4 rings (SSSR count). The van der Waals surface area contributed by atoms with Crippen LogP contribution in [0.1, 0.15) is 44.2 Å². The molecule has 0 saturated heterocycles. The quantitative estimate of drug-likeness (QED) is 0.824. The number of amides is 2. The summed E-state index contributed by atoms with van der Waals surface area (Å²) < 4.78 is 5.73. The van der Waals surface area contributed by atoms with Crippen LogP contribution in [-0.4, -0.2) is 18.1 Å². The van der Waals surface area contributed by atoms with Gasteiger partial charge in [0, 0.05) is 5.70 Å². The first kappa shape index (κ1) is 16.6. The Morgan fingerprint density at radius 3 is 2.62 bits per heavy atom. The average molecular weight is 350 g/mol. The van der Waals surface area contributed by atoms with Gasteiger partial charge in [-0.3, -0.25) is 0 Å². The van der Waals surface area contributed by atoms with E-state index in [1.807, 2.05) is 42.5 Å². The van der Waals surface area contributed by atoms with E-state index in [4.69, 9.17) is 4.74 Å². The van der Waals surface area contributed by atoms with E-state index < -0.39 is 6.04 Å². The predicted octanol–water partition coefficient (Wildman–Crippen LogP) is 3.95. The molecule has 2 aromatic rings. The molecule has 0 spiro atoms. The van der Waals surface area contributed by atoms with E-state index in [9.17, 15) is 9.59 Å². The zero-order chi connectivity index (χ0) is 18.1. The molecule has 1 aliphatic carbocycles. The Kier molecular flexibility index (Phi) is 4.37. The van der Waals surface area contributed by atoms with Crippen LogP contribution in [0.15, 0.2) is 53.7 Å². The fourth-order valence-electron chi connectivity index (χ4n) is 3.92. The highest BCUT2D eigenvalue weighted by Crippen LogP contribution is 2.33. The number of esters is 1. The number of fused-ring (bicyclic) bond motifs is 1. The van der Waals surface area contributed by atoms with Crippen molar-refractivity contribution >= 4 is 22.8 Å². The van der Waals surface area contributed by atoms with Gasteiger partial charge >= 0.3 is 12.0 Å². The third-order valence-corrected chi connectivity index (χ3v) is 5.20. The smallest absolute Gasteiger partial charge is 0.338 e. The van der Waals surface area contributed by atoms with E-state index in [-0.39, 0.29) is 18.1 Å². The van der Waals surface area contributed by atoms with Crippen molar-refractivity contribution in [2.75, 3.05) is 0 Å². The largest absolute Gasteiger partial charge is 0.459 e. The number of rotatable bonds is 3. The molecule has 0 bridgehead atoms. The van der Waals surface area contributed by atoms with Gasteiger partial charge in [-0.15, -0.1) is 0 Å². The lowest BCUT2D eigenvalue weighted by molar-refractivity contribution is -0.144. The van der Waals surface area contributed by atoms with Crippen LogP contribution >= 0.6 is 0 Å². The summed E-state index contributed by atoms with van der Waals surface area (Å²) in [5.41, 5.74) is 1.93. The van der Waals surface area contributed by atoms with Crippen LogP contribution in [0.25, 0.3) is 10.8 Å². The molecule has 1 saturated carbocycles. The lowest BCUT2D eigenvalue weighted by Gasteiger charge is -2.29. The average Bonchev–Trinajstić information content (AvgIpc) is 3.13. The molecule has 2 aromatic carbocycles. The van der Waals surface area contributed by atoms with E-state index in [1.165, 1.54) is 0 Å². The van der Waals surface area contributed by atoms with Crippen LogP contribution in [0, 0.1) is 0 Å². The number of hydrogen-bond acceptors (Lipinski definition) is 3. The number of urea groups is 1. The van der Waals surface area contributed by atoms with Crippen LogP contribution in [0.3, 0.4) is 0 Å². The Bertz CT molecular complexity index is 892. The molecule has 5 heteroatoms. The van der Waals surface area contributed by atoms with Crippen LogP contribution in [-0.2, 0) is 9.53 Å². The van der Waals surface area contributed by atoms with Gasteiger partial charge in [0.2, 0.25) is 0 Å². The second kappa shape index (κ2) is 6.83. The van der Waals surface area contributed by atoms with Gasteiger partial charge in [0.25, 0.3) is 0 Å². The van der Waals surface area contributed by atoms with Crippen molar-refractivity contribution in [3.63, 3.8) is 0 Å². The summed E-state index contributed by atoms with van der Waals surface area (Å²) in [5.74, 6) is -0.347. The number of allylic oxidation sites excluding steroid dienone is 1. The standard InChI is InChI=1S/C21H22N2O3/c1-13-18(20(24)26-15-9-3-4-10-15)19(23-21(25)22-13)17-12-6-8-14-7-2-5-11-16(14)17/h2,5-8,11-12,15,19H,3-4,9-10H2,1H3,(H2,22,23,25). The Morgan fingerprint density at radius 1 is 1.08 bits per heavy atom. The van der Waals surface area contributed by atoms with E-state index >= 15 is 0 Å². The molecular formula is C21H22N2O3. The summed E-state index contributed by atoms with van der Waals surface area (Å²) in [4.78, 5) is 25.0. The fraction of sp³-hybridized carbons (Fsp3) is 0.333. The van der Waals surface area contributed by atoms with Crippen LogP contribution in [0.5, 0.6) is 0 Å². The number of nitrogens with one attached hydrogen (secondary N) is 2. The summed E-state index contributed by atoms with van der Waals surface area (Å²) in [5, 5.41) is 7.70. The summed E-state index contributed by atoms with van der Waals surface area (Å²) >= 11 is 0. The number of benzene rings is 2. The Hall–Kier alpha value is -2.82. The van der Waals surface area contributed by atoms with Gasteiger partial charge in [0.05, 0.1) is 11.6 Å². The molecule has 0 aromatic heterocycles. The van der Waals surface area contributed by atoms with Crippen molar-refractivity contribution < 1.29 is 14.3 Å². The van der Waals surface area contributed by atoms with Gasteiger partial charge in [-0.2, -0.15) is 0 Å². The maximum absolute atomic E-state index is 12.9. The number of ether oxygens (including phenoxy) is 1. The summed E-state index contributed by atoms with van der Waals surface area (Å²) in [6.07, 6.45) is 4.00. The molecule has 0 radical (unpaired) electrons. The van der Waals surface area contributed by atoms with E-state index in [1.54, 1.807) is 6.92 Å². The molecule has 5 nitrogen and oxygen atoms in total. The third kappa shape index (κ3) is 3.05. The third-order valence-electron chi connectivity index (χ3n) is 5.20. The van der Waals surface area contributed by atoms with Crippen molar-refractivity contribution in [3.8, 4) is 0 Å². The first-order chi connectivity index (χ1) is 12.6. The minimum Gasteiger partial charge on any atom is -0.459 e. The predicted molar refractivity (Wildman–Crippen MR) is 99.4 cm³/mol. The van der Waals surface area contributed by atoms with Crippen molar-refractivity contribution in [1.29, 1.82) is 0 Å². The van der Waals surface area contributed by atoms with Crippen LogP contribution in [0.4, 0.5) is 4.79 Å². The molecule has 1 unspecified atom stereocenters. The van der Waals surface area contributed by atoms with Gasteiger partial charge in [-0.25, -0.2) is 9.59 Å². The summed E-state index contributed by atoms with van der Waals surface area (Å²) in [6.45, 7) is 1.75. The molecule has 2 amide bonds. The molecule has 1 aliphatic heterocycles. The first-order valence-electron chi connectivity index (χ1n) is 9.10. The van der Waals surface area contributed by atoms with Crippen LogP contribution < -0.4 is 10.6 Å². The second-order valence-corrected chi connectivity index (χ2v) is 6.95. The number of carbonyl (C=O) groups excluding carboxylic acids is 2. The number of hydrogen-bond donors (Lipinski definition) is 2. The van der Waals surface area contributed by atoms with Crippen molar-refractivity contribution in [3.05, 3.63) is 59.3 Å². The normalized spacial score (nSPS) is 20.8. The summed E-state index contributed by atoms with van der Waals surface area (Å²) in [6, 6.07) is 13.1. The maximum atomic E-state index is 12.9. The van der Waals surface area contributed by atoms with Crippen molar-refractivity contribution in [1.82, 2.24) is 10.6 Å². The molecule has 2 N–H and O–H groups in total. The highest BCUT2D eigenvalue weighted by Gasteiger charge is 2.34. The van der Waals surface area contributed by atoms with Gasteiger partial charge in [0.1, 0.15) is 6.10 Å². The van der Waals surface area contributed by atoms with Gasteiger partial charge in [0.15, 0.2) is 0 Å². The zero-order valence-corrected chi connectivity index (χ0v) is 14.7. The minimum absolute atomic E-state index is 0.0198. The highest BCUT2D eigenvalue weighted by atomic mass is 16.5. The molecule has 2 aliphatic rings. The van der Waals surface area contributed by atoms with E-state index in [0.29, 0.717) is 11.3 Å². The van der Waals surface area contributed by atoms with Gasteiger partial charge in [-0.1, -0.05) is 42.5 Å². The minimum atomic E-state index is -0.524. The first-order valence-corrected chi connectivity index (χ1v) is 9.10. The molecule has 26 heavy (non-hydrogen) atoms. The second-order valence-electron chi connectivity index (χ2n) is 6.95. The molecule has 1 atom stereocenters. The Balaban J connectivity index is 1.75. The lowest BCUT2D eigenvalue weighted by Crippen LogP contribution is -2.45. The zero-order valence-electron chi connectivity index (χ0n) is 14.7. The summed E-state index contributed by atoms with van der Waals surface area (Å²) in [7, 11) is 0. The molecule has 134 valence electrons. The SMILES string of the molecule is CC1=C(C(=O)OC2CCCC2)C(c2cccc3ccccc23)NC(=O)N1. The van der Waals surface area contributed by atoms with Crippen molar-refractivity contribution in [2.24, 2.45) is 0 Å². The lowest BCUT2D eigenvalue weighted by atomic mass is 9.91. The van der Waals surface area contributed by atoms with Crippen molar-refractivity contribution in [2.45, 2.75) is 44.8 Å². The maximum Gasteiger partial charge on any atom is 0.338 e. The Morgan fingerprint density at radius 2 is 1.81 bits per heavy atom. The highest BCUT2D eigenvalue weighted by molar-refractivity contribution is 5.97. The van der Waals surface area contributed by atoms with E-state index in [0.717, 1.165) is 42.0 Å². The van der Waals surface area contributed by atoms with E-state index in [2.05, 4.69) is 10.6 Å².